The summed E-state index contributed by atoms with van der Waals surface area (Å²) in [5.74, 6) is -0.140. The smallest absolute Gasteiger partial charge is 0.254 e. The van der Waals surface area contributed by atoms with Crippen molar-refractivity contribution in [3.05, 3.63) is 59.7 Å². The lowest BCUT2D eigenvalue weighted by molar-refractivity contribution is 0.0897. The van der Waals surface area contributed by atoms with Crippen LogP contribution in [-0.4, -0.2) is 21.4 Å². The minimum atomic E-state index is -0.358. The molecule has 0 saturated carbocycles. The van der Waals surface area contributed by atoms with Gasteiger partial charge in [0.05, 0.1) is 11.3 Å². The predicted molar refractivity (Wildman–Crippen MR) is 99.1 cm³/mol. The van der Waals surface area contributed by atoms with Gasteiger partial charge < -0.3 is 16.0 Å². The molecular formula is C20H19FN4O. The van der Waals surface area contributed by atoms with Crippen molar-refractivity contribution < 1.29 is 9.18 Å². The molecule has 0 radical (unpaired) electrons. The zero-order valence-electron chi connectivity index (χ0n) is 14.6. The van der Waals surface area contributed by atoms with Crippen molar-refractivity contribution in [2.45, 2.75) is 25.8 Å². The third-order valence-corrected chi connectivity index (χ3v) is 4.56. The number of aromatic amines is 1. The lowest BCUT2D eigenvalue weighted by Crippen LogP contribution is -2.49. The number of fused-ring (bicyclic) bond motifs is 1. The van der Waals surface area contributed by atoms with E-state index in [1.807, 2.05) is 19.9 Å². The largest absolute Gasteiger partial charge is 0.384 e. The van der Waals surface area contributed by atoms with E-state index in [0.717, 1.165) is 17.0 Å². The fourth-order valence-corrected chi connectivity index (χ4v) is 3.54. The Kier molecular flexibility index (Phi) is 3.57. The molecular weight excluding hydrogens is 331 g/mol. The zero-order valence-corrected chi connectivity index (χ0v) is 14.6. The van der Waals surface area contributed by atoms with E-state index in [2.05, 4.69) is 15.3 Å². The van der Waals surface area contributed by atoms with E-state index in [0.29, 0.717) is 28.9 Å². The number of nitrogens with one attached hydrogen (secondary N) is 2. The monoisotopic (exact) mass is 350 g/mol. The first-order valence-corrected chi connectivity index (χ1v) is 8.39. The van der Waals surface area contributed by atoms with E-state index < -0.39 is 0 Å². The molecule has 0 bridgehead atoms. The van der Waals surface area contributed by atoms with Crippen LogP contribution in [0, 0.1) is 5.82 Å². The third kappa shape index (κ3) is 2.73. The fourth-order valence-electron chi connectivity index (χ4n) is 3.54. The number of anilines is 1. The summed E-state index contributed by atoms with van der Waals surface area (Å²) in [5.41, 5.74) is 9.73. The summed E-state index contributed by atoms with van der Waals surface area (Å²) in [6.07, 6.45) is 2.26. The molecule has 0 spiro atoms. The van der Waals surface area contributed by atoms with E-state index in [9.17, 15) is 9.18 Å². The van der Waals surface area contributed by atoms with Gasteiger partial charge in [-0.15, -0.1) is 0 Å². The molecule has 1 amide bonds. The van der Waals surface area contributed by atoms with Gasteiger partial charge in [0.2, 0.25) is 0 Å². The first-order chi connectivity index (χ1) is 12.3. The quantitative estimate of drug-likeness (QED) is 0.661. The van der Waals surface area contributed by atoms with Crippen molar-refractivity contribution in [1.29, 1.82) is 0 Å². The maximum atomic E-state index is 13.9. The lowest BCUT2D eigenvalue weighted by atomic mass is 9.88. The Labute approximate surface area is 150 Å². The van der Waals surface area contributed by atoms with E-state index in [-0.39, 0.29) is 17.3 Å². The molecule has 0 unspecified atom stereocenters. The predicted octanol–water partition coefficient (Wildman–Crippen LogP) is 3.53. The molecule has 1 aliphatic heterocycles. The Morgan fingerprint density at radius 3 is 2.69 bits per heavy atom. The number of pyridine rings is 1. The topological polar surface area (TPSA) is 83.8 Å². The maximum Gasteiger partial charge on any atom is 0.254 e. The van der Waals surface area contributed by atoms with Gasteiger partial charge in [0.15, 0.2) is 0 Å². The first kappa shape index (κ1) is 16.3. The first-order valence-electron chi connectivity index (χ1n) is 8.39. The molecule has 6 heteroatoms. The van der Waals surface area contributed by atoms with Crippen LogP contribution < -0.4 is 11.1 Å². The van der Waals surface area contributed by atoms with Gasteiger partial charge in [-0.3, -0.25) is 4.79 Å². The van der Waals surface area contributed by atoms with Gasteiger partial charge in [0.1, 0.15) is 11.6 Å². The van der Waals surface area contributed by atoms with Crippen LogP contribution in [0.3, 0.4) is 0 Å². The maximum absolute atomic E-state index is 13.9. The summed E-state index contributed by atoms with van der Waals surface area (Å²) in [6.45, 7) is 3.95. The van der Waals surface area contributed by atoms with Crippen molar-refractivity contribution in [2.24, 2.45) is 0 Å². The Morgan fingerprint density at radius 2 is 1.96 bits per heavy atom. The van der Waals surface area contributed by atoms with Gasteiger partial charge in [-0.25, -0.2) is 9.37 Å². The second kappa shape index (κ2) is 5.69. The van der Waals surface area contributed by atoms with Crippen LogP contribution in [0.1, 0.15) is 29.9 Å². The van der Waals surface area contributed by atoms with Crippen molar-refractivity contribution in [3.63, 3.8) is 0 Å². The van der Waals surface area contributed by atoms with Gasteiger partial charge in [-0.1, -0.05) is 12.1 Å². The molecule has 4 rings (SSSR count). The Hall–Kier alpha value is -3.15. The SMILES string of the molecule is CC1(C)Cc2[nH]c(-c3ccnc(N)c3)c(-c3cccc(F)c3)c2C(=O)N1. The van der Waals surface area contributed by atoms with Crippen LogP contribution in [0.15, 0.2) is 42.6 Å². The number of hydrogen-bond donors (Lipinski definition) is 3. The van der Waals surface area contributed by atoms with Crippen molar-refractivity contribution >= 4 is 11.7 Å². The lowest BCUT2D eigenvalue weighted by Gasteiger charge is -2.30. The zero-order chi connectivity index (χ0) is 18.5. The fraction of sp³-hybridized carbons (Fsp3) is 0.200. The molecule has 3 heterocycles. The molecule has 5 nitrogen and oxygen atoms in total. The highest BCUT2D eigenvalue weighted by Crippen LogP contribution is 2.40. The number of nitrogen functional groups attached to an aromatic ring is 1. The van der Waals surface area contributed by atoms with E-state index >= 15 is 0 Å². The van der Waals surface area contributed by atoms with Crippen LogP contribution in [0.5, 0.6) is 0 Å². The van der Waals surface area contributed by atoms with Crippen LogP contribution in [-0.2, 0) is 6.42 Å². The molecule has 0 atom stereocenters. The molecule has 3 aromatic rings. The highest BCUT2D eigenvalue weighted by molar-refractivity contribution is 6.07. The van der Waals surface area contributed by atoms with Crippen molar-refractivity contribution in [2.75, 3.05) is 5.73 Å². The molecule has 1 aromatic carbocycles. The Morgan fingerprint density at radius 1 is 1.15 bits per heavy atom. The number of carbonyl (C=O) groups is 1. The number of hydrogen-bond acceptors (Lipinski definition) is 3. The molecule has 4 N–H and O–H groups in total. The number of benzene rings is 1. The summed E-state index contributed by atoms with van der Waals surface area (Å²) < 4.78 is 13.9. The number of aromatic nitrogens is 2. The molecule has 0 aliphatic carbocycles. The minimum absolute atomic E-state index is 0.167. The molecule has 0 saturated heterocycles. The summed E-state index contributed by atoms with van der Waals surface area (Å²) in [7, 11) is 0. The van der Waals surface area contributed by atoms with Gasteiger partial charge in [-0.05, 0) is 43.7 Å². The average Bonchev–Trinajstić information content (AvgIpc) is 2.93. The summed E-state index contributed by atoms with van der Waals surface area (Å²) in [4.78, 5) is 20.2. The van der Waals surface area contributed by atoms with E-state index in [1.54, 1.807) is 24.4 Å². The van der Waals surface area contributed by atoms with Crippen molar-refractivity contribution in [3.8, 4) is 22.4 Å². The van der Waals surface area contributed by atoms with Crippen LogP contribution in [0.25, 0.3) is 22.4 Å². The number of carbonyl (C=O) groups excluding carboxylic acids is 1. The van der Waals surface area contributed by atoms with Gasteiger partial charge >= 0.3 is 0 Å². The van der Waals surface area contributed by atoms with Crippen LogP contribution in [0.2, 0.25) is 0 Å². The highest BCUT2D eigenvalue weighted by atomic mass is 19.1. The van der Waals surface area contributed by atoms with Gasteiger partial charge in [0, 0.05) is 35.0 Å². The number of nitrogens with zero attached hydrogens (tertiary/aromatic N) is 1. The van der Waals surface area contributed by atoms with E-state index in [1.165, 1.54) is 12.1 Å². The number of rotatable bonds is 2. The Balaban J connectivity index is 2.01. The number of amides is 1. The molecule has 132 valence electrons. The average molecular weight is 350 g/mol. The summed E-state index contributed by atoms with van der Waals surface area (Å²) in [5, 5.41) is 3.02. The van der Waals surface area contributed by atoms with Crippen molar-refractivity contribution in [1.82, 2.24) is 15.3 Å². The third-order valence-electron chi connectivity index (χ3n) is 4.56. The normalized spacial score (nSPS) is 15.4. The summed E-state index contributed by atoms with van der Waals surface area (Å²) >= 11 is 0. The molecule has 0 fully saturated rings. The van der Waals surface area contributed by atoms with Crippen LogP contribution in [0.4, 0.5) is 10.2 Å². The summed E-state index contributed by atoms with van der Waals surface area (Å²) in [6, 6.07) is 9.82. The van der Waals surface area contributed by atoms with Crippen LogP contribution >= 0.6 is 0 Å². The molecule has 2 aromatic heterocycles. The molecule has 1 aliphatic rings. The number of H-pyrrole nitrogens is 1. The van der Waals surface area contributed by atoms with E-state index in [4.69, 9.17) is 5.73 Å². The second-order valence-corrected chi connectivity index (χ2v) is 7.22. The van der Waals surface area contributed by atoms with Gasteiger partial charge in [0.25, 0.3) is 5.91 Å². The minimum Gasteiger partial charge on any atom is -0.384 e. The second-order valence-electron chi connectivity index (χ2n) is 7.22. The highest BCUT2D eigenvalue weighted by Gasteiger charge is 2.35. The molecule has 26 heavy (non-hydrogen) atoms. The Bertz CT molecular complexity index is 1020. The van der Waals surface area contributed by atoms with Gasteiger partial charge in [-0.2, -0.15) is 0 Å². The number of halogens is 1. The number of nitrogens with two attached hydrogens (primary N) is 1. The standard InChI is InChI=1S/C20H19FN4O/c1-20(2)10-14-17(19(26)25-20)16(11-4-3-5-13(21)8-11)18(24-14)12-6-7-23-15(22)9-12/h3-9,24H,10H2,1-2H3,(H2,22,23)(H,25,26).